The molecule has 0 unspecified atom stereocenters. The van der Waals surface area contributed by atoms with Crippen molar-refractivity contribution in [1.29, 1.82) is 0 Å². The van der Waals surface area contributed by atoms with E-state index in [4.69, 9.17) is 23.2 Å². The number of nitrogens with zero attached hydrogens (tertiary/aromatic N) is 3. The lowest BCUT2D eigenvalue weighted by Crippen LogP contribution is -2.47. The van der Waals surface area contributed by atoms with Crippen LogP contribution in [0.5, 0.6) is 0 Å². The molecule has 0 spiro atoms. The molecule has 0 atom stereocenters. The molecule has 1 aliphatic heterocycles. The number of carbonyl (C=O) groups excluding carboxylic acids is 1. The van der Waals surface area contributed by atoms with Crippen molar-refractivity contribution >= 4 is 34.8 Å². The summed E-state index contributed by atoms with van der Waals surface area (Å²) in [6.45, 7) is 3.97. The van der Waals surface area contributed by atoms with Crippen LogP contribution in [0.25, 0.3) is 0 Å². The Balaban J connectivity index is 1.58. The topological polar surface area (TPSA) is 48.5 Å². The van der Waals surface area contributed by atoms with Gasteiger partial charge in [0.2, 0.25) is 0 Å². The number of carbonyl (C=O) groups is 1. The highest BCUT2D eigenvalue weighted by Crippen LogP contribution is 2.21. The van der Waals surface area contributed by atoms with Gasteiger partial charge in [-0.2, -0.15) is 0 Å². The van der Waals surface area contributed by atoms with Gasteiger partial charge in [0.15, 0.2) is 0 Å². The summed E-state index contributed by atoms with van der Waals surface area (Å²) in [6, 6.07) is 9.19. The van der Waals surface area contributed by atoms with Crippen LogP contribution in [-0.4, -0.2) is 60.5 Å². The Morgan fingerprint density at radius 3 is 2.65 bits per heavy atom. The maximum absolute atomic E-state index is 12.6. The third kappa shape index (κ3) is 4.87. The van der Waals surface area contributed by atoms with E-state index in [1.165, 1.54) is 0 Å². The molecule has 1 fully saturated rings. The highest BCUT2D eigenvalue weighted by atomic mass is 35.5. The van der Waals surface area contributed by atoms with Gasteiger partial charge in [-0.1, -0.05) is 29.3 Å². The molecule has 1 N–H and O–H groups in total. The number of hydrogen-bond donors (Lipinski definition) is 1. The Kier molecular flexibility index (Phi) is 6.35. The zero-order valence-corrected chi connectivity index (χ0v) is 16.2. The maximum atomic E-state index is 12.6. The Hall–Kier alpha value is -1.82. The predicted molar refractivity (Wildman–Crippen MR) is 106 cm³/mol. The normalized spacial score (nSPS) is 15.1. The fourth-order valence-corrected chi connectivity index (χ4v) is 3.40. The molecule has 1 aromatic carbocycles. The number of nitrogens with one attached hydrogen (secondary N) is 1. The van der Waals surface area contributed by atoms with Crippen LogP contribution in [0, 0.1) is 0 Å². The Morgan fingerprint density at radius 1 is 1.15 bits per heavy atom. The van der Waals surface area contributed by atoms with Crippen molar-refractivity contribution in [2.45, 2.75) is 6.42 Å². The lowest BCUT2D eigenvalue weighted by molar-refractivity contribution is 0.0658. The van der Waals surface area contributed by atoms with E-state index in [9.17, 15) is 4.79 Å². The van der Waals surface area contributed by atoms with Crippen molar-refractivity contribution in [3.05, 3.63) is 57.8 Å². The van der Waals surface area contributed by atoms with Crippen LogP contribution >= 0.6 is 23.2 Å². The van der Waals surface area contributed by atoms with Crippen LogP contribution in [0.3, 0.4) is 0 Å². The zero-order valence-electron chi connectivity index (χ0n) is 14.7. The van der Waals surface area contributed by atoms with Gasteiger partial charge >= 0.3 is 0 Å². The van der Waals surface area contributed by atoms with Gasteiger partial charge in [-0.25, -0.2) is 0 Å². The van der Waals surface area contributed by atoms with Crippen LogP contribution in [-0.2, 0) is 6.42 Å². The van der Waals surface area contributed by atoms with E-state index in [1.807, 2.05) is 29.2 Å². The Morgan fingerprint density at radius 2 is 1.92 bits per heavy atom. The molecule has 1 saturated heterocycles. The number of benzene rings is 1. The van der Waals surface area contributed by atoms with Crippen molar-refractivity contribution in [2.24, 2.45) is 0 Å². The summed E-state index contributed by atoms with van der Waals surface area (Å²) in [6.07, 6.45) is 2.43. The number of piperazine rings is 1. The highest BCUT2D eigenvalue weighted by Gasteiger charge is 2.21. The molecule has 2 heterocycles. The van der Waals surface area contributed by atoms with Gasteiger partial charge in [-0.05, 0) is 43.3 Å². The average Bonchev–Trinajstić information content (AvgIpc) is 2.64. The number of aromatic nitrogens is 1. The van der Waals surface area contributed by atoms with Gasteiger partial charge in [0, 0.05) is 54.7 Å². The molecule has 0 aliphatic carbocycles. The van der Waals surface area contributed by atoms with Crippen LogP contribution in [0.4, 0.5) is 5.69 Å². The predicted octanol–water partition coefficient (Wildman–Crippen LogP) is 3.43. The monoisotopic (exact) mass is 392 g/mol. The van der Waals surface area contributed by atoms with Crippen LogP contribution < -0.4 is 5.32 Å². The average molecular weight is 393 g/mol. The van der Waals surface area contributed by atoms with Gasteiger partial charge in [-0.3, -0.25) is 9.78 Å². The summed E-state index contributed by atoms with van der Waals surface area (Å²) in [5, 5.41) is 4.63. The van der Waals surface area contributed by atoms with Crippen LogP contribution in [0.2, 0.25) is 10.0 Å². The molecule has 1 aromatic heterocycles. The van der Waals surface area contributed by atoms with Crippen molar-refractivity contribution < 1.29 is 4.79 Å². The summed E-state index contributed by atoms with van der Waals surface area (Å²) in [7, 11) is 2.07. The third-order valence-electron chi connectivity index (χ3n) is 4.51. The molecule has 26 heavy (non-hydrogen) atoms. The molecule has 138 valence electrons. The quantitative estimate of drug-likeness (QED) is 0.846. The number of hydrogen-bond acceptors (Lipinski definition) is 4. The van der Waals surface area contributed by atoms with E-state index in [0.29, 0.717) is 22.3 Å². The van der Waals surface area contributed by atoms with Gasteiger partial charge in [0.05, 0.1) is 0 Å². The number of halogens is 2. The van der Waals surface area contributed by atoms with E-state index in [1.54, 1.807) is 12.3 Å². The highest BCUT2D eigenvalue weighted by molar-refractivity contribution is 6.35. The Labute approximate surface area is 163 Å². The zero-order chi connectivity index (χ0) is 18.5. The van der Waals surface area contributed by atoms with E-state index in [0.717, 1.165) is 43.9 Å². The number of pyridine rings is 1. The minimum absolute atomic E-state index is 0.0116. The Bertz CT molecular complexity index is 776. The molecular formula is C19H22Cl2N4O. The standard InChI is InChI=1S/C19H22Cl2N4O/c1-24-8-10-25(11-9-24)19(26)18-13-16(5-7-23-18)22-6-4-14-2-3-15(20)12-17(14)21/h2-3,5,7,12-13H,4,6,8-11H2,1H3,(H,22,23). The number of rotatable bonds is 5. The molecule has 7 heteroatoms. The van der Waals surface area contributed by atoms with Crippen molar-refractivity contribution in [1.82, 2.24) is 14.8 Å². The maximum Gasteiger partial charge on any atom is 0.272 e. The second kappa shape index (κ2) is 8.71. The van der Waals surface area contributed by atoms with Crippen LogP contribution in [0.15, 0.2) is 36.5 Å². The fourth-order valence-electron chi connectivity index (χ4n) is 2.89. The summed E-state index contributed by atoms with van der Waals surface area (Å²) in [5.41, 5.74) is 2.39. The first-order valence-corrected chi connectivity index (χ1v) is 9.40. The molecule has 5 nitrogen and oxygen atoms in total. The molecule has 1 aliphatic rings. The van der Waals surface area contributed by atoms with E-state index in [2.05, 4.69) is 22.2 Å². The number of likely N-dealkylation sites (N-methyl/N-ethyl adjacent to an activating group) is 1. The smallest absolute Gasteiger partial charge is 0.272 e. The first-order chi connectivity index (χ1) is 12.5. The van der Waals surface area contributed by atoms with Crippen LogP contribution in [0.1, 0.15) is 16.1 Å². The molecule has 0 radical (unpaired) electrons. The van der Waals surface area contributed by atoms with E-state index < -0.39 is 0 Å². The van der Waals surface area contributed by atoms with E-state index in [-0.39, 0.29) is 5.91 Å². The molecule has 0 saturated carbocycles. The van der Waals surface area contributed by atoms with Gasteiger partial charge in [0.25, 0.3) is 5.91 Å². The first-order valence-electron chi connectivity index (χ1n) is 8.64. The summed E-state index contributed by atoms with van der Waals surface area (Å²) >= 11 is 12.1. The summed E-state index contributed by atoms with van der Waals surface area (Å²) in [4.78, 5) is 20.9. The lowest BCUT2D eigenvalue weighted by Gasteiger charge is -2.32. The molecule has 2 aromatic rings. The van der Waals surface area contributed by atoms with E-state index >= 15 is 0 Å². The SMILES string of the molecule is CN1CCN(C(=O)c2cc(NCCc3ccc(Cl)cc3Cl)ccn2)CC1. The largest absolute Gasteiger partial charge is 0.385 e. The molecule has 0 bridgehead atoms. The minimum atomic E-state index is -0.0116. The van der Waals surface area contributed by atoms with Gasteiger partial charge in [-0.15, -0.1) is 0 Å². The minimum Gasteiger partial charge on any atom is -0.385 e. The van der Waals surface area contributed by atoms with Crippen molar-refractivity contribution in [3.63, 3.8) is 0 Å². The second-order valence-electron chi connectivity index (χ2n) is 6.44. The lowest BCUT2D eigenvalue weighted by atomic mass is 10.1. The number of amides is 1. The van der Waals surface area contributed by atoms with Crippen molar-refractivity contribution in [2.75, 3.05) is 45.1 Å². The van der Waals surface area contributed by atoms with Gasteiger partial charge in [0.1, 0.15) is 5.69 Å². The van der Waals surface area contributed by atoms with Gasteiger partial charge < -0.3 is 15.1 Å². The summed E-state index contributed by atoms with van der Waals surface area (Å²) in [5.74, 6) is -0.0116. The number of anilines is 1. The second-order valence-corrected chi connectivity index (χ2v) is 7.28. The molecule has 3 rings (SSSR count). The first kappa shape index (κ1) is 19.0. The third-order valence-corrected chi connectivity index (χ3v) is 5.10. The summed E-state index contributed by atoms with van der Waals surface area (Å²) < 4.78 is 0. The fraction of sp³-hybridized carbons (Fsp3) is 0.368. The molecular weight excluding hydrogens is 371 g/mol. The van der Waals surface area contributed by atoms with Crippen molar-refractivity contribution in [3.8, 4) is 0 Å². The molecule has 1 amide bonds.